The number of carbonyl (C=O) groups is 2. The van der Waals surface area contributed by atoms with E-state index in [2.05, 4.69) is 0 Å². The molecule has 0 spiro atoms. The summed E-state index contributed by atoms with van der Waals surface area (Å²) in [6, 6.07) is -1.03. The highest BCUT2D eigenvalue weighted by Crippen LogP contribution is 2.23. The number of carboxylic acids is 1. The Bertz CT molecular complexity index is 345. The van der Waals surface area contributed by atoms with E-state index in [0.29, 0.717) is 17.1 Å². The van der Waals surface area contributed by atoms with Crippen molar-refractivity contribution in [3.8, 4) is 0 Å². The molecule has 0 aromatic rings. The lowest BCUT2D eigenvalue weighted by Gasteiger charge is -2.31. The minimum Gasteiger partial charge on any atom is -0.480 e. The van der Waals surface area contributed by atoms with Gasteiger partial charge < -0.3 is 14.9 Å². The normalized spacial score (nSPS) is 19.3. The molecule has 1 fully saturated rings. The molecule has 1 unspecified atom stereocenters. The number of carboxylic acid groups (broad SMARTS) is 1. The minimum absolute atomic E-state index is 0.137. The summed E-state index contributed by atoms with van der Waals surface area (Å²) < 4.78 is 37.0. The van der Waals surface area contributed by atoms with Gasteiger partial charge >= 0.3 is 18.2 Å². The van der Waals surface area contributed by atoms with Crippen molar-refractivity contribution in [1.29, 1.82) is 0 Å². The number of amides is 2. The first-order valence-corrected chi connectivity index (χ1v) is 6.74. The van der Waals surface area contributed by atoms with Crippen LogP contribution in [-0.4, -0.2) is 70.8 Å². The fraction of sp³-hybridized carbons (Fsp3) is 0.800. The maximum Gasteiger partial charge on any atom is 0.406 e. The van der Waals surface area contributed by atoms with Crippen LogP contribution in [0.5, 0.6) is 0 Å². The molecule has 5 nitrogen and oxygen atoms in total. The molecule has 1 saturated heterocycles. The van der Waals surface area contributed by atoms with Crippen LogP contribution in [0, 0.1) is 0 Å². The van der Waals surface area contributed by atoms with Crippen LogP contribution in [-0.2, 0) is 4.79 Å². The van der Waals surface area contributed by atoms with Crippen molar-refractivity contribution in [2.75, 3.05) is 31.6 Å². The number of urea groups is 1. The van der Waals surface area contributed by atoms with Crippen LogP contribution in [0.2, 0.25) is 0 Å². The van der Waals surface area contributed by atoms with E-state index >= 15 is 0 Å². The Morgan fingerprint density at radius 1 is 1.42 bits per heavy atom. The number of rotatable bonds is 4. The summed E-state index contributed by atoms with van der Waals surface area (Å²) in [5.41, 5.74) is 0. The average molecular weight is 300 g/mol. The first kappa shape index (κ1) is 15.9. The molecule has 9 heteroatoms. The van der Waals surface area contributed by atoms with E-state index in [-0.39, 0.29) is 6.04 Å². The van der Waals surface area contributed by atoms with Crippen molar-refractivity contribution in [2.45, 2.75) is 18.6 Å². The average Bonchev–Trinajstić information content (AvgIpc) is 2.76. The number of aliphatic carboxylic acids is 1. The fourth-order valence-electron chi connectivity index (χ4n) is 1.78. The highest BCUT2D eigenvalue weighted by molar-refractivity contribution is 7.99. The number of thioether (sulfide) groups is 1. The van der Waals surface area contributed by atoms with Crippen molar-refractivity contribution in [3.63, 3.8) is 0 Å². The SMILES string of the molecule is CN(C(=O)N(CC(=O)O)CC(F)(F)F)C1CCSC1. The second-order valence-corrected chi connectivity index (χ2v) is 5.43. The van der Waals surface area contributed by atoms with E-state index in [1.54, 1.807) is 11.8 Å². The van der Waals surface area contributed by atoms with Crippen LogP contribution in [0.25, 0.3) is 0 Å². The maximum absolute atomic E-state index is 12.3. The third-order valence-corrected chi connectivity index (χ3v) is 3.87. The Labute approximate surface area is 112 Å². The van der Waals surface area contributed by atoms with E-state index in [9.17, 15) is 22.8 Å². The van der Waals surface area contributed by atoms with Crippen LogP contribution >= 0.6 is 11.8 Å². The van der Waals surface area contributed by atoms with Crippen LogP contribution in [0.15, 0.2) is 0 Å². The van der Waals surface area contributed by atoms with Crippen molar-refractivity contribution in [2.24, 2.45) is 0 Å². The highest BCUT2D eigenvalue weighted by Gasteiger charge is 2.36. The van der Waals surface area contributed by atoms with E-state index in [1.165, 1.54) is 11.9 Å². The molecule has 110 valence electrons. The summed E-state index contributed by atoms with van der Waals surface area (Å²) in [5, 5.41) is 8.59. The molecule has 1 aliphatic heterocycles. The van der Waals surface area contributed by atoms with Crippen LogP contribution in [0.3, 0.4) is 0 Å². The van der Waals surface area contributed by atoms with Gasteiger partial charge in [0, 0.05) is 18.8 Å². The summed E-state index contributed by atoms with van der Waals surface area (Å²) in [5.74, 6) is 0.0437. The largest absolute Gasteiger partial charge is 0.480 e. The van der Waals surface area contributed by atoms with Gasteiger partial charge in [-0.05, 0) is 12.2 Å². The van der Waals surface area contributed by atoms with Crippen LogP contribution in [0.1, 0.15) is 6.42 Å². The van der Waals surface area contributed by atoms with Crippen molar-refractivity contribution < 1.29 is 27.9 Å². The van der Waals surface area contributed by atoms with Gasteiger partial charge in [-0.1, -0.05) is 0 Å². The minimum atomic E-state index is -4.61. The molecule has 0 aromatic carbocycles. The topological polar surface area (TPSA) is 60.9 Å². The second kappa shape index (κ2) is 6.36. The Morgan fingerprint density at radius 2 is 2.05 bits per heavy atom. The van der Waals surface area contributed by atoms with Crippen LogP contribution in [0.4, 0.5) is 18.0 Å². The smallest absolute Gasteiger partial charge is 0.406 e. The Balaban J connectivity index is 2.71. The molecule has 0 saturated carbocycles. The molecule has 1 heterocycles. The third-order valence-electron chi connectivity index (χ3n) is 2.72. The molecule has 0 aromatic heterocycles. The number of hydrogen-bond acceptors (Lipinski definition) is 3. The molecule has 0 radical (unpaired) electrons. The molecule has 1 atom stereocenters. The molecular formula is C10H15F3N2O3S. The zero-order valence-electron chi connectivity index (χ0n) is 10.3. The number of nitrogens with zero attached hydrogens (tertiary/aromatic N) is 2. The lowest BCUT2D eigenvalue weighted by atomic mass is 10.2. The number of alkyl halides is 3. The first-order valence-electron chi connectivity index (χ1n) is 5.58. The number of carbonyl (C=O) groups excluding carboxylic acids is 1. The number of halogens is 3. The standard InChI is InChI=1S/C10H15F3N2O3S/c1-14(7-2-3-19-5-7)9(18)15(4-8(16)17)6-10(11,12)13/h7H,2-6H2,1H3,(H,16,17). The van der Waals surface area contributed by atoms with Gasteiger partial charge in [-0.2, -0.15) is 24.9 Å². The van der Waals surface area contributed by atoms with Gasteiger partial charge in [0.2, 0.25) is 0 Å². The highest BCUT2D eigenvalue weighted by atomic mass is 32.2. The molecule has 0 aliphatic carbocycles. The maximum atomic E-state index is 12.3. The van der Waals surface area contributed by atoms with Crippen molar-refractivity contribution in [1.82, 2.24) is 9.80 Å². The zero-order valence-corrected chi connectivity index (χ0v) is 11.1. The van der Waals surface area contributed by atoms with Crippen LogP contribution < -0.4 is 0 Å². The molecule has 1 N–H and O–H groups in total. The second-order valence-electron chi connectivity index (χ2n) is 4.28. The van der Waals surface area contributed by atoms with Gasteiger partial charge in [0.25, 0.3) is 0 Å². The lowest BCUT2D eigenvalue weighted by Crippen LogP contribution is -2.50. The Kier molecular flexibility index (Phi) is 5.33. The van der Waals surface area contributed by atoms with Gasteiger partial charge in [-0.15, -0.1) is 0 Å². The van der Waals surface area contributed by atoms with Crippen molar-refractivity contribution in [3.05, 3.63) is 0 Å². The molecule has 1 rings (SSSR count). The Morgan fingerprint density at radius 3 is 2.47 bits per heavy atom. The number of hydrogen-bond donors (Lipinski definition) is 1. The predicted molar refractivity (Wildman–Crippen MR) is 64.2 cm³/mol. The van der Waals surface area contributed by atoms with E-state index in [4.69, 9.17) is 5.11 Å². The Hall–Kier alpha value is -1.12. The van der Waals surface area contributed by atoms with Crippen molar-refractivity contribution >= 4 is 23.8 Å². The predicted octanol–water partition coefficient (Wildman–Crippen LogP) is 1.49. The summed E-state index contributed by atoms with van der Waals surface area (Å²) in [4.78, 5) is 24.0. The summed E-state index contributed by atoms with van der Waals surface area (Å²) >= 11 is 1.62. The molecule has 19 heavy (non-hydrogen) atoms. The van der Waals surface area contributed by atoms with E-state index in [0.717, 1.165) is 5.75 Å². The molecular weight excluding hydrogens is 285 g/mol. The fourth-order valence-corrected chi connectivity index (χ4v) is 3.05. The van der Waals surface area contributed by atoms with E-state index in [1.807, 2.05) is 0 Å². The molecule has 2 amide bonds. The summed E-state index contributed by atoms with van der Waals surface area (Å²) in [6.07, 6.45) is -3.91. The van der Waals surface area contributed by atoms with Gasteiger partial charge in [0.05, 0.1) is 0 Å². The summed E-state index contributed by atoms with van der Waals surface area (Å²) in [6.45, 7) is -2.51. The van der Waals surface area contributed by atoms with Gasteiger partial charge in [0.15, 0.2) is 0 Å². The van der Waals surface area contributed by atoms with E-state index < -0.39 is 31.3 Å². The van der Waals surface area contributed by atoms with Gasteiger partial charge in [-0.25, -0.2) is 4.79 Å². The van der Waals surface area contributed by atoms with Gasteiger partial charge in [-0.3, -0.25) is 4.79 Å². The lowest BCUT2D eigenvalue weighted by molar-refractivity contribution is -0.149. The first-order chi connectivity index (χ1) is 8.70. The monoisotopic (exact) mass is 300 g/mol. The third kappa shape index (κ3) is 5.17. The van der Waals surface area contributed by atoms with Gasteiger partial charge in [0.1, 0.15) is 13.1 Å². The summed E-state index contributed by atoms with van der Waals surface area (Å²) in [7, 11) is 1.41. The zero-order chi connectivity index (χ0) is 14.6. The molecule has 0 bridgehead atoms. The quantitative estimate of drug-likeness (QED) is 0.854. The molecule has 1 aliphatic rings.